The molecular weight excluding hydrogens is 274 g/mol. The molecule has 3 nitrogen and oxygen atoms in total. The summed E-state index contributed by atoms with van der Waals surface area (Å²) in [7, 11) is 0. The summed E-state index contributed by atoms with van der Waals surface area (Å²) in [5.41, 5.74) is -0.147. The van der Waals surface area contributed by atoms with Gasteiger partial charge in [-0.15, -0.1) is 0 Å². The van der Waals surface area contributed by atoms with Crippen LogP contribution in [0, 0.1) is 0 Å². The molecule has 0 amide bonds. The Morgan fingerprint density at radius 3 is 1.88 bits per heavy atom. The molecule has 17 heavy (non-hydrogen) atoms. The van der Waals surface area contributed by atoms with E-state index in [-0.39, 0.29) is 5.75 Å². The van der Waals surface area contributed by atoms with E-state index in [0.29, 0.717) is 11.8 Å². The molecule has 102 valence electrons. The highest BCUT2D eigenvalue weighted by Gasteiger charge is 2.68. The first-order chi connectivity index (χ1) is 7.42. The average Bonchev–Trinajstić information content (AvgIpc) is 2.07. The number of alkyl halides is 6. The van der Waals surface area contributed by atoms with Crippen molar-refractivity contribution in [3.05, 3.63) is 0 Å². The zero-order chi connectivity index (χ0) is 13.9. The maximum absolute atomic E-state index is 12.2. The van der Waals surface area contributed by atoms with Crippen molar-refractivity contribution in [3.8, 4) is 0 Å². The number of thioether (sulfide) groups is 1. The molecule has 0 saturated carbocycles. The number of nitrogens with one attached hydrogen (secondary N) is 1. The highest BCUT2D eigenvalue weighted by Crippen LogP contribution is 2.39. The van der Waals surface area contributed by atoms with Crippen LogP contribution in [0.25, 0.3) is 0 Å². The smallest absolute Gasteiger partial charge is 0.298 e. The van der Waals surface area contributed by atoms with Crippen molar-refractivity contribution in [3.63, 3.8) is 0 Å². The summed E-state index contributed by atoms with van der Waals surface area (Å²) < 4.78 is 73.2. The van der Waals surface area contributed by atoms with Crippen LogP contribution in [0.4, 0.5) is 26.3 Å². The second-order valence-corrected chi connectivity index (χ2v) is 4.34. The Balaban J connectivity index is 4.59. The summed E-state index contributed by atoms with van der Waals surface area (Å²) in [5, 5.41) is 0.777. The van der Waals surface area contributed by atoms with Gasteiger partial charge < -0.3 is 0 Å². The Hall–Kier alpha value is -0.480. The molecule has 0 heterocycles. The van der Waals surface area contributed by atoms with Crippen LogP contribution in [0.1, 0.15) is 6.92 Å². The van der Waals surface area contributed by atoms with E-state index in [1.807, 2.05) is 0 Å². The highest BCUT2D eigenvalue weighted by molar-refractivity contribution is 8.13. The summed E-state index contributed by atoms with van der Waals surface area (Å²) in [6.45, 7) is 0.452. The Kier molecular flexibility index (Phi) is 5.29. The number of hydrogen-bond acceptors (Lipinski definition) is 4. The predicted molar refractivity (Wildman–Crippen MR) is 50.2 cm³/mol. The van der Waals surface area contributed by atoms with E-state index in [1.165, 1.54) is 5.32 Å². The van der Waals surface area contributed by atoms with Crippen molar-refractivity contribution in [1.82, 2.24) is 5.32 Å². The lowest BCUT2D eigenvalue weighted by Crippen LogP contribution is -2.72. The molecule has 0 saturated heterocycles. The molecule has 3 N–H and O–H groups in total. The van der Waals surface area contributed by atoms with Gasteiger partial charge in [0.25, 0.3) is 5.66 Å². The highest BCUT2D eigenvalue weighted by atomic mass is 32.2. The predicted octanol–water partition coefficient (Wildman–Crippen LogP) is 1.64. The van der Waals surface area contributed by atoms with Crippen molar-refractivity contribution in [2.45, 2.75) is 24.9 Å². The van der Waals surface area contributed by atoms with Gasteiger partial charge >= 0.3 is 12.4 Å². The van der Waals surface area contributed by atoms with Crippen LogP contribution in [-0.2, 0) is 4.79 Å². The van der Waals surface area contributed by atoms with E-state index in [1.54, 1.807) is 0 Å². The molecule has 0 aromatic carbocycles. The molecule has 0 unspecified atom stereocenters. The average molecular weight is 284 g/mol. The molecule has 0 spiro atoms. The van der Waals surface area contributed by atoms with Gasteiger partial charge in [-0.25, -0.2) is 0 Å². The Labute approximate surface area is 97.1 Å². The van der Waals surface area contributed by atoms with Crippen molar-refractivity contribution in [1.29, 1.82) is 0 Å². The fourth-order valence-corrected chi connectivity index (χ4v) is 1.30. The molecule has 0 rings (SSSR count). The summed E-state index contributed by atoms with van der Waals surface area (Å²) in [6, 6.07) is 0. The topological polar surface area (TPSA) is 55.1 Å². The lowest BCUT2D eigenvalue weighted by Gasteiger charge is -2.34. The second-order valence-electron chi connectivity index (χ2n) is 3.07. The minimum atomic E-state index is -5.67. The number of halogens is 6. The Morgan fingerprint density at radius 1 is 1.18 bits per heavy atom. The van der Waals surface area contributed by atoms with Crippen LogP contribution in [0.3, 0.4) is 0 Å². The number of carbonyl (C=O) groups excluding carboxylic acids is 1. The van der Waals surface area contributed by atoms with Crippen molar-refractivity contribution >= 4 is 16.9 Å². The molecule has 0 aromatic rings. The molecule has 0 aliphatic rings. The van der Waals surface area contributed by atoms with E-state index in [9.17, 15) is 31.1 Å². The SMILES string of the molecule is CC(=O)SCCNC(N)(C(F)(F)F)C(F)(F)F. The van der Waals surface area contributed by atoms with Gasteiger partial charge in [0, 0.05) is 19.2 Å². The van der Waals surface area contributed by atoms with E-state index >= 15 is 0 Å². The molecule has 0 fully saturated rings. The first-order valence-electron chi connectivity index (χ1n) is 4.22. The lowest BCUT2D eigenvalue weighted by molar-refractivity contribution is -0.305. The third-order valence-corrected chi connectivity index (χ3v) is 2.52. The van der Waals surface area contributed by atoms with Gasteiger partial charge in [-0.2, -0.15) is 26.3 Å². The van der Waals surface area contributed by atoms with Crippen LogP contribution < -0.4 is 11.1 Å². The van der Waals surface area contributed by atoms with Crippen LogP contribution in [0.5, 0.6) is 0 Å². The minimum absolute atomic E-state index is 0.236. The normalized spacial score (nSPS) is 13.9. The van der Waals surface area contributed by atoms with E-state index in [2.05, 4.69) is 5.73 Å². The van der Waals surface area contributed by atoms with Crippen LogP contribution in [-0.4, -0.2) is 35.4 Å². The zero-order valence-electron chi connectivity index (χ0n) is 8.58. The van der Waals surface area contributed by atoms with Crippen molar-refractivity contribution in [2.75, 3.05) is 12.3 Å². The van der Waals surface area contributed by atoms with E-state index in [0.717, 1.165) is 6.92 Å². The van der Waals surface area contributed by atoms with Gasteiger partial charge in [0.15, 0.2) is 5.12 Å². The summed E-state index contributed by atoms with van der Waals surface area (Å²) in [6.07, 6.45) is -11.3. The molecule has 0 bridgehead atoms. The maximum Gasteiger partial charge on any atom is 0.428 e. The zero-order valence-corrected chi connectivity index (χ0v) is 9.39. The molecule has 0 atom stereocenters. The monoisotopic (exact) mass is 284 g/mol. The van der Waals surface area contributed by atoms with Crippen LogP contribution in [0.2, 0.25) is 0 Å². The van der Waals surface area contributed by atoms with Gasteiger partial charge in [0.2, 0.25) is 0 Å². The fourth-order valence-electron chi connectivity index (χ4n) is 0.804. The van der Waals surface area contributed by atoms with Crippen molar-refractivity contribution in [2.24, 2.45) is 5.73 Å². The Morgan fingerprint density at radius 2 is 1.59 bits per heavy atom. The summed E-state index contributed by atoms with van der Waals surface area (Å²) in [4.78, 5) is 10.4. The first kappa shape index (κ1) is 16.5. The number of nitrogens with two attached hydrogens (primary N) is 1. The fraction of sp³-hybridized carbons (Fsp3) is 0.857. The molecule has 0 radical (unpaired) electrons. The molecule has 0 aliphatic carbocycles. The molecular formula is C7H10F6N2OS. The maximum atomic E-state index is 12.2. The lowest BCUT2D eigenvalue weighted by atomic mass is 10.1. The second kappa shape index (κ2) is 5.44. The quantitative estimate of drug-likeness (QED) is 0.468. The number of carbonyl (C=O) groups is 1. The van der Waals surface area contributed by atoms with E-state index in [4.69, 9.17) is 0 Å². The third-order valence-electron chi connectivity index (χ3n) is 1.71. The number of hydrogen-bond donors (Lipinski definition) is 2. The first-order valence-corrected chi connectivity index (χ1v) is 5.21. The van der Waals surface area contributed by atoms with Gasteiger partial charge in [0.05, 0.1) is 0 Å². The minimum Gasteiger partial charge on any atom is -0.298 e. The third kappa shape index (κ3) is 4.36. The summed E-state index contributed by atoms with van der Waals surface area (Å²) >= 11 is 0.602. The van der Waals surface area contributed by atoms with Gasteiger partial charge in [-0.3, -0.25) is 15.8 Å². The van der Waals surface area contributed by atoms with Crippen LogP contribution >= 0.6 is 11.8 Å². The standard InChI is InChI=1S/C7H10F6N2OS/c1-4(16)17-3-2-15-5(14,6(8,9)10)7(11,12)13/h15H,2-3,14H2,1H3. The molecule has 10 heteroatoms. The van der Waals surface area contributed by atoms with Gasteiger partial charge in [-0.1, -0.05) is 11.8 Å². The van der Waals surface area contributed by atoms with Crippen molar-refractivity contribution < 1.29 is 31.1 Å². The molecule has 0 aliphatic heterocycles. The Bertz CT molecular complexity index is 263. The molecule has 0 aromatic heterocycles. The largest absolute Gasteiger partial charge is 0.428 e. The van der Waals surface area contributed by atoms with Gasteiger partial charge in [-0.05, 0) is 0 Å². The van der Waals surface area contributed by atoms with Crippen LogP contribution in [0.15, 0.2) is 0 Å². The number of rotatable bonds is 4. The summed E-state index contributed by atoms with van der Waals surface area (Å²) in [5.74, 6) is -0.236. The van der Waals surface area contributed by atoms with Gasteiger partial charge in [0.1, 0.15) is 0 Å². The van der Waals surface area contributed by atoms with E-state index < -0.39 is 29.7 Å².